The summed E-state index contributed by atoms with van der Waals surface area (Å²) in [5.74, 6) is -0.466. The van der Waals surface area contributed by atoms with E-state index in [1.54, 1.807) is 0 Å². The van der Waals surface area contributed by atoms with Gasteiger partial charge in [0.25, 0.3) is 5.56 Å². The van der Waals surface area contributed by atoms with Gasteiger partial charge in [-0.1, -0.05) is 0 Å². The third-order valence-corrected chi connectivity index (χ3v) is 4.58. The van der Waals surface area contributed by atoms with Crippen LogP contribution in [0.5, 0.6) is 0 Å². The molecule has 8 nitrogen and oxygen atoms in total. The second-order valence-corrected chi connectivity index (χ2v) is 6.63. The Morgan fingerprint density at radius 2 is 2.21 bits per heavy atom. The van der Waals surface area contributed by atoms with Crippen LogP contribution in [-0.4, -0.2) is 41.4 Å². The normalized spacial score (nSPS) is 21.2. The first-order valence-corrected chi connectivity index (χ1v) is 7.47. The summed E-state index contributed by atoms with van der Waals surface area (Å²) in [5.41, 5.74) is -1.22. The van der Waals surface area contributed by atoms with E-state index in [4.69, 9.17) is 0 Å². The highest BCUT2D eigenvalue weighted by molar-refractivity contribution is 7.91. The van der Waals surface area contributed by atoms with Crippen molar-refractivity contribution in [3.05, 3.63) is 33.1 Å². The number of aromatic nitrogens is 2. The minimum atomic E-state index is -3.06. The molecule has 0 aromatic carbocycles. The van der Waals surface area contributed by atoms with Gasteiger partial charge < -0.3 is 5.32 Å². The molecular weight excluding hydrogens is 274 g/mol. The van der Waals surface area contributed by atoms with E-state index in [1.807, 2.05) is 4.98 Å². The highest BCUT2D eigenvalue weighted by Gasteiger charge is 2.28. The fourth-order valence-corrected chi connectivity index (χ4v) is 3.58. The molecule has 1 atom stereocenters. The van der Waals surface area contributed by atoms with E-state index in [0.29, 0.717) is 6.42 Å². The quantitative estimate of drug-likeness (QED) is 0.656. The summed E-state index contributed by atoms with van der Waals surface area (Å²) in [6, 6.07) is 0.727. The lowest BCUT2D eigenvalue weighted by atomic mass is 10.2. The first-order valence-electron chi connectivity index (χ1n) is 5.65. The van der Waals surface area contributed by atoms with Gasteiger partial charge >= 0.3 is 5.69 Å². The largest absolute Gasteiger partial charge is 0.351 e. The van der Waals surface area contributed by atoms with Gasteiger partial charge in [0, 0.05) is 18.3 Å². The van der Waals surface area contributed by atoms with Gasteiger partial charge in [-0.15, -0.1) is 0 Å². The number of carbonyl (C=O) groups is 1. The molecule has 0 spiro atoms. The number of nitrogens with one attached hydrogen (secondary N) is 2. The number of sulfone groups is 1. The second-order valence-electron chi connectivity index (χ2n) is 4.41. The van der Waals surface area contributed by atoms with Crippen LogP contribution in [0.1, 0.15) is 6.42 Å². The molecule has 1 aliphatic rings. The van der Waals surface area contributed by atoms with Crippen molar-refractivity contribution in [3.63, 3.8) is 0 Å². The Balaban J connectivity index is 1.99. The van der Waals surface area contributed by atoms with Crippen LogP contribution in [0, 0.1) is 0 Å². The number of hydrogen-bond acceptors (Lipinski definition) is 5. The van der Waals surface area contributed by atoms with Crippen molar-refractivity contribution in [2.45, 2.75) is 19.0 Å². The Morgan fingerprint density at radius 3 is 2.79 bits per heavy atom. The van der Waals surface area contributed by atoms with E-state index in [9.17, 15) is 22.8 Å². The zero-order valence-electron chi connectivity index (χ0n) is 9.96. The molecule has 1 saturated heterocycles. The molecule has 1 aromatic rings. The highest BCUT2D eigenvalue weighted by atomic mass is 32.2. The Kier molecular flexibility index (Phi) is 3.56. The molecule has 2 rings (SSSR count). The minimum absolute atomic E-state index is 0.0660. The zero-order valence-corrected chi connectivity index (χ0v) is 10.8. The molecule has 0 radical (unpaired) electrons. The van der Waals surface area contributed by atoms with Crippen molar-refractivity contribution in [1.29, 1.82) is 0 Å². The molecule has 19 heavy (non-hydrogen) atoms. The molecule has 9 heteroatoms. The Labute approximate surface area is 108 Å². The monoisotopic (exact) mass is 287 g/mol. The van der Waals surface area contributed by atoms with Crippen molar-refractivity contribution in [2.75, 3.05) is 11.5 Å². The summed E-state index contributed by atoms with van der Waals surface area (Å²) in [6.07, 6.45) is 1.60. The molecule has 2 heterocycles. The number of hydrogen-bond donors (Lipinski definition) is 2. The van der Waals surface area contributed by atoms with E-state index in [0.717, 1.165) is 10.6 Å². The van der Waals surface area contributed by atoms with Crippen LogP contribution in [-0.2, 0) is 21.2 Å². The molecule has 1 amide bonds. The maximum absolute atomic E-state index is 11.7. The fraction of sp³-hybridized carbons (Fsp3) is 0.500. The number of H-pyrrole nitrogens is 1. The van der Waals surface area contributed by atoms with E-state index >= 15 is 0 Å². The van der Waals surface area contributed by atoms with E-state index < -0.39 is 33.0 Å². The van der Waals surface area contributed by atoms with Crippen molar-refractivity contribution in [2.24, 2.45) is 0 Å². The minimum Gasteiger partial charge on any atom is -0.351 e. The summed E-state index contributed by atoms with van der Waals surface area (Å²) < 4.78 is 23.5. The standard InChI is InChI=1S/C10H13N3O5S/c14-8-1-3-13(10(16)12-8)5-9(15)11-7-2-4-19(17,18)6-7/h1,3,7H,2,4-6H2,(H,11,15)(H,12,14,16)/t7-/m1/s1. The number of aromatic amines is 1. The highest BCUT2D eigenvalue weighted by Crippen LogP contribution is 2.10. The van der Waals surface area contributed by atoms with E-state index in [-0.39, 0.29) is 18.1 Å². The smallest absolute Gasteiger partial charge is 0.328 e. The topological polar surface area (TPSA) is 118 Å². The summed E-state index contributed by atoms with van der Waals surface area (Å²) in [5, 5.41) is 2.55. The van der Waals surface area contributed by atoms with Crippen LogP contribution < -0.4 is 16.6 Å². The predicted octanol–water partition coefficient (Wildman–Crippen LogP) is -2.16. The fourth-order valence-electron chi connectivity index (χ4n) is 1.91. The lowest BCUT2D eigenvalue weighted by molar-refractivity contribution is -0.122. The molecule has 1 aliphatic heterocycles. The van der Waals surface area contributed by atoms with Crippen LogP contribution in [0.4, 0.5) is 0 Å². The number of nitrogens with zero attached hydrogens (tertiary/aromatic N) is 1. The van der Waals surface area contributed by atoms with Crippen molar-refractivity contribution >= 4 is 15.7 Å². The van der Waals surface area contributed by atoms with Crippen LogP contribution in [0.15, 0.2) is 21.9 Å². The van der Waals surface area contributed by atoms with Gasteiger partial charge in [-0.2, -0.15) is 0 Å². The van der Waals surface area contributed by atoms with Crippen LogP contribution in [0.3, 0.4) is 0 Å². The van der Waals surface area contributed by atoms with Gasteiger partial charge in [0.05, 0.1) is 11.5 Å². The lowest BCUT2D eigenvalue weighted by Crippen LogP contribution is -2.40. The first-order chi connectivity index (χ1) is 8.85. The average Bonchev–Trinajstić information content (AvgIpc) is 2.62. The SMILES string of the molecule is O=C(Cn1ccc(=O)[nH]c1=O)N[C@@H]1CCS(=O)(=O)C1. The second kappa shape index (κ2) is 5.00. The van der Waals surface area contributed by atoms with Gasteiger partial charge in [0.15, 0.2) is 9.84 Å². The lowest BCUT2D eigenvalue weighted by Gasteiger charge is -2.11. The zero-order chi connectivity index (χ0) is 14.0. The molecule has 1 aromatic heterocycles. The molecule has 2 N–H and O–H groups in total. The molecule has 0 unspecified atom stereocenters. The van der Waals surface area contributed by atoms with Gasteiger partial charge in [-0.3, -0.25) is 19.1 Å². The summed E-state index contributed by atoms with van der Waals surface area (Å²) in [6.45, 7) is -0.258. The third kappa shape index (κ3) is 3.53. The third-order valence-electron chi connectivity index (χ3n) is 2.81. The molecular formula is C10H13N3O5S. The van der Waals surface area contributed by atoms with Crippen LogP contribution in [0.2, 0.25) is 0 Å². The average molecular weight is 287 g/mol. The van der Waals surface area contributed by atoms with Crippen molar-refractivity contribution < 1.29 is 13.2 Å². The number of amides is 1. The van der Waals surface area contributed by atoms with Crippen molar-refractivity contribution in [1.82, 2.24) is 14.9 Å². The number of rotatable bonds is 3. The van der Waals surface area contributed by atoms with Gasteiger partial charge in [0.2, 0.25) is 5.91 Å². The Bertz CT molecular complexity index is 702. The first kappa shape index (κ1) is 13.5. The van der Waals surface area contributed by atoms with Gasteiger partial charge in [0.1, 0.15) is 6.54 Å². The van der Waals surface area contributed by atoms with Crippen LogP contribution >= 0.6 is 0 Å². The summed E-state index contributed by atoms with van der Waals surface area (Å²) in [4.78, 5) is 35.9. The molecule has 0 bridgehead atoms. The Hall–Kier alpha value is -1.90. The van der Waals surface area contributed by atoms with E-state index in [1.165, 1.54) is 6.20 Å². The molecule has 0 saturated carbocycles. The predicted molar refractivity (Wildman–Crippen MR) is 66.5 cm³/mol. The maximum Gasteiger partial charge on any atom is 0.328 e. The molecule has 104 valence electrons. The van der Waals surface area contributed by atoms with Gasteiger partial charge in [-0.25, -0.2) is 13.2 Å². The maximum atomic E-state index is 11.7. The van der Waals surface area contributed by atoms with E-state index in [2.05, 4.69) is 5.32 Å². The van der Waals surface area contributed by atoms with Gasteiger partial charge in [-0.05, 0) is 6.42 Å². The number of carbonyl (C=O) groups excluding carboxylic acids is 1. The molecule has 0 aliphatic carbocycles. The van der Waals surface area contributed by atoms with Crippen molar-refractivity contribution in [3.8, 4) is 0 Å². The summed E-state index contributed by atoms with van der Waals surface area (Å²) >= 11 is 0. The summed E-state index contributed by atoms with van der Waals surface area (Å²) in [7, 11) is -3.06. The van der Waals surface area contributed by atoms with Crippen LogP contribution in [0.25, 0.3) is 0 Å². The molecule has 1 fully saturated rings. The Morgan fingerprint density at radius 1 is 1.47 bits per heavy atom.